The zero-order chi connectivity index (χ0) is 20.3. The second-order valence-corrected chi connectivity index (χ2v) is 8.08. The zero-order valence-corrected chi connectivity index (χ0v) is 17.0. The fourth-order valence-corrected chi connectivity index (χ4v) is 4.01. The topological polar surface area (TPSA) is 66.8 Å². The van der Waals surface area contributed by atoms with Gasteiger partial charge in [0.15, 0.2) is 0 Å². The number of aryl methyl sites for hydroxylation is 1. The van der Waals surface area contributed by atoms with Gasteiger partial charge in [-0.15, -0.1) is 0 Å². The largest absolute Gasteiger partial charge is 0.489 e. The van der Waals surface area contributed by atoms with E-state index in [1.165, 1.54) is 12.5 Å². The third-order valence-electron chi connectivity index (χ3n) is 4.27. The summed E-state index contributed by atoms with van der Waals surface area (Å²) in [6.45, 7) is 3.96. The Bertz CT molecular complexity index is 936. The standard InChI is InChI=1S/C21H19NO4S2/c1-13-3-5-16(6-4-13)12-26-17-9-7-15(8-10-17)11-18-19(23)22(21(27)28-18)14(2)20(24)25/h3-11,14H,12H2,1-2H3,(H,24,25)/b18-11-/t14-/m0/s1. The van der Waals surface area contributed by atoms with Crippen LogP contribution in [0.4, 0.5) is 0 Å². The second-order valence-electron chi connectivity index (χ2n) is 6.41. The summed E-state index contributed by atoms with van der Waals surface area (Å²) < 4.78 is 6.04. The molecule has 5 nitrogen and oxygen atoms in total. The third kappa shape index (κ3) is 4.61. The maximum absolute atomic E-state index is 12.5. The first kappa shape index (κ1) is 20.1. The predicted octanol–water partition coefficient (Wildman–Crippen LogP) is 4.25. The highest BCUT2D eigenvalue weighted by molar-refractivity contribution is 8.26. The van der Waals surface area contributed by atoms with E-state index >= 15 is 0 Å². The summed E-state index contributed by atoms with van der Waals surface area (Å²) in [7, 11) is 0. The van der Waals surface area contributed by atoms with Crippen LogP contribution in [0, 0.1) is 6.92 Å². The number of thiocarbonyl (C=S) groups is 1. The Morgan fingerprint density at radius 1 is 1.21 bits per heavy atom. The van der Waals surface area contributed by atoms with E-state index in [4.69, 9.17) is 22.1 Å². The summed E-state index contributed by atoms with van der Waals surface area (Å²) >= 11 is 6.27. The van der Waals surface area contributed by atoms with Crippen LogP contribution in [0.1, 0.15) is 23.6 Å². The van der Waals surface area contributed by atoms with Gasteiger partial charge in [0.1, 0.15) is 22.7 Å². The molecular weight excluding hydrogens is 394 g/mol. The van der Waals surface area contributed by atoms with Gasteiger partial charge in [-0.3, -0.25) is 9.69 Å². The first-order valence-electron chi connectivity index (χ1n) is 8.63. The summed E-state index contributed by atoms with van der Waals surface area (Å²) in [5.74, 6) is -0.748. The molecule has 1 heterocycles. The molecule has 3 rings (SSSR count). The van der Waals surface area contributed by atoms with Gasteiger partial charge in [0.25, 0.3) is 5.91 Å². The minimum atomic E-state index is -1.09. The SMILES string of the molecule is Cc1ccc(COc2ccc(/C=C3\SC(=S)N([C@@H](C)C(=O)O)C3=O)cc2)cc1. The lowest BCUT2D eigenvalue weighted by Gasteiger charge is -2.18. The first-order chi connectivity index (χ1) is 13.3. The minimum Gasteiger partial charge on any atom is -0.489 e. The normalized spacial score (nSPS) is 16.5. The van der Waals surface area contributed by atoms with Gasteiger partial charge in [0.2, 0.25) is 0 Å². The Kier molecular flexibility index (Phi) is 6.16. The highest BCUT2D eigenvalue weighted by Gasteiger charge is 2.38. The molecule has 144 valence electrons. The summed E-state index contributed by atoms with van der Waals surface area (Å²) in [6.07, 6.45) is 1.71. The molecular formula is C21H19NO4S2. The maximum Gasteiger partial charge on any atom is 0.326 e. The fraction of sp³-hybridized carbons (Fsp3) is 0.190. The molecule has 1 saturated heterocycles. The molecule has 0 saturated carbocycles. The summed E-state index contributed by atoms with van der Waals surface area (Å²) in [5.41, 5.74) is 3.10. The molecule has 1 amide bonds. The van der Waals surface area contributed by atoms with Gasteiger partial charge in [0, 0.05) is 0 Å². The van der Waals surface area contributed by atoms with Crippen molar-refractivity contribution in [3.8, 4) is 5.75 Å². The van der Waals surface area contributed by atoms with Gasteiger partial charge in [0.05, 0.1) is 4.91 Å². The number of carboxylic acid groups (broad SMARTS) is 1. The Morgan fingerprint density at radius 3 is 2.46 bits per heavy atom. The molecule has 1 atom stereocenters. The Hall–Kier alpha value is -2.64. The number of hydrogen-bond acceptors (Lipinski definition) is 5. The van der Waals surface area contributed by atoms with E-state index < -0.39 is 12.0 Å². The molecule has 0 radical (unpaired) electrons. The van der Waals surface area contributed by atoms with Gasteiger partial charge in [-0.25, -0.2) is 4.79 Å². The lowest BCUT2D eigenvalue weighted by molar-refractivity contribution is -0.144. The second kappa shape index (κ2) is 8.58. The van der Waals surface area contributed by atoms with Crippen molar-refractivity contribution in [2.24, 2.45) is 0 Å². The number of benzene rings is 2. The van der Waals surface area contributed by atoms with Gasteiger partial charge in [-0.2, -0.15) is 0 Å². The van der Waals surface area contributed by atoms with Gasteiger partial charge in [-0.1, -0.05) is 65.9 Å². The van der Waals surface area contributed by atoms with Crippen LogP contribution in [0.25, 0.3) is 6.08 Å². The van der Waals surface area contributed by atoms with Gasteiger partial charge < -0.3 is 9.84 Å². The number of amides is 1. The molecule has 1 N–H and O–H groups in total. The van der Waals surface area contributed by atoms with Crippen molar-refractivity contribution in [3.63, 3.8) is 0 Å². The number of hydrogen-bond donors (Lipinski definition) is 1. The molecule has 2 aromatic rings. The first-order valence-corrected chi connectivity index (χ1v) is 9.86. The lowest BCUT2D eigenvalue weighted by Crippen LogP contribution is -2.41. The molecule has 1 aliphatic rings. The number of carboxylic acids is 1. The predicted molar refractivity (Wildman–Crippen MR) is 114 cm³/mol. The Morgan fingerprint density at radius 2 is 1.86 bits per heavy atom. The molecule has 0 aliphatic carbocycles. The molecule has 0 spiro atoms. The summed E-state index contributed by atoms with van der Waals surface area (Å²) in [6, 6.07) is 14.5. The van der Waals surface area contributed by atoms with Crippen molar-refractivity contribution >= 4 is 46.3 Å². The Balaban J connectivity index is 1.66. The van der Waals surface area contributed by atoms with Crippen molar-refractivity contribution in [1.82, 2.24) is 4.90 Å². The average molecular weight is 414 g/mol. The maximum atomic E-state index is 12.5. The van der Waals surface area contributed by atoms with E-state index in [9.17, 15) is 9.59 Å². The molecule has 1 fully saturated rings. The number of ether oxygens (including phenoxy) is 1. The van der Waals surface area contributed by atoms with Gasteiger partial charge in [-0.05, 0) is 43.2 Å². The highest BCUT2D eigenvalue weighted by atomic mass is 32.2. The molecule has 0 unspecified atom stereocenters. The van der Waals surface area contributed by atoms with Crippen LogP contribution in [-0.4, -0.2) is 32.2 Å². The van der Waals surface area contributed by atoms with Crippen molar-refractivity contribution in [2.45, 2.75) is 26.5 Å². The summed E-state index contributed by atoms with van der Waals surface area (Å²) in [5, 5.41) is 9.13. The van der Waals surface area contributed by atoms with Crippen LogP contribution >= 0.6 is 24.0 Å². The smallest absolute Gasteiger partial charge is 0.326 e. The number of carbonyl (C=O) groups is 2. The fourth-order valence-electron chi connectivity index (χ4n) is 2.59. The van der Waals surface area contributed by atoms with E-state index in [1.807, 2.05) is 55.5 Å². The molecule has 1 aliphatic heterocycles. The van der Waals surface area contributed by atoms with Crippen molar-refractivity contribution in [2.75, 3.05) is 0 Å². The third-order valence-corrected chi connectivity index (χ3v) is 5.60. The molecule has 28 heavy (non-hydrogen) atoms. The van der Waals surface area contributed by atoms with E-state index in [0.717, 1.165) is 33.5 Å². The van der Waals surface area contributed by atoms with E-state index in [2.05, 4.69) is 0 Å². The van der Waals surface area contributed by atoms with Gasteiger partial charge >= 0.3 is 5.97 Å². The number of carbonyl (C=O) groups excluding carboxylic acids is 1. The summed E-state index contributed by atoms with van der Waals surface area (Å²) in [4.78, 5) is 25.2. The van der Waals surface area contributed by atoms with Crippen molar-refractivity contribution < 1.29 is 19.4 Å². The number of nitrogens with zero attached hydrogens (tertiary/aromatic N) is 1. The van der Waals surface area contributed by atoms with Crippen LogP contribution in [0.5, 0.6) is 5.75 Å². The van der Waals surface area contributed by atoms with E-state index in [-0.39, 0.29) is 10.2 Å². The van der Waals surface area contributed by atoms with Crippen LogP contribution < -0.4 is 4.74 Å². The van der Waals surface area contributed by atoms with Crippen molar-refractivity contribution in [1.29, 1.82) is 0 Å². The van der Waals surface area contributed by atoms with E-state index in [0.29, 0.717) is 11.5 Å². The average Bonchev–Trinajstić information content (AvgIpc) is 2.95. The monoisotopic (exact) mass is 413 g/mol. The molecule has 0 aromatic heterocycles. The zero-order valence-electron chi connectivity index (χ0n) is 15.4. The van der Waals surface area contributed by atoms with Crippen molar-refractivity contribution in [3.05, 3.63) is 70.1 Å². The molecule has 2 aromatic carbocycles. The quantitative estimate of drug-likeness (QED) is 0.564. The highest BCUT2D eigenvalue weighted by Crippen LogP contribution is 2.34. The number of thioether (sulfide) groups is 1. The molecule has 7 heteroatoms. The van der Waals surface area contributed by atoms with Crippen LogP contribution in [0.3, 0.4) is 0 Å². The van der Waals surface area contributed by atoms with E-state index in [1.54, 1.807) is 6.08 Å². The number of rotatable bonds is 6. The van der Waals surface area contributed by atoms with Crippen LogP contribution in [-0.2, 0) is 16.2 Å². The van der Waals surface area contributed by atoms with Crippen LogP contribution in [0.2, 0.25) is 0 Å². The minimum absolute atomic E-state index is 0.254. The Labute approximate surface area is 173 Å². The van der Waals surface area contributed by atoms with Crippen LogP contribution in [0.15, 0.2) is 53.4 Å². The number of aliphatic carboxylic acids is 1. The molecule has 0 bridgehead atoms. The lowest BCUT2D eigenvalue weighted by atomic mass is 10.1.